The van der Waals surface area contributed by atoms with E-state index in [9.17, 15) is 18.0 Å². The largest absolute Gasteiger partial charge is 0.366 e. The van der Waals surface area contributed by atoms with Crippen LogP contribution in [-0.2, 0) is 10.0 Å². The summed E-state index contributed by atoms with van der Waals surface area (Å²) in [7, 11) is -2.22. The highest BCUT2D eigenvalue weighted by atomic mass is 32.2. The maximum Gasteiger partial charge on any atom is 0.248 e. The molecule has 0 spiro atoms. The van der Waals surface area contributed by atoms with Crippen LogP contribution < -0.4 is 15.8 Å². The maximum absolute atomic E-state index is 11.4. The van der Waals surface area contributed by atoms with Gasteiger partial charge in [0, 0.05) is 18.2 Å². The average molecular weight is 271 g/mol. The van der Waals surface area contributed by atoms with Crippen molar-refractivity contribution in [3.8, 4) is 0 Å². The van der Waals surface area contributed by atoms with E-state index in [1.54, 1.807) is 0 Å². The van der Waals surface area contributed by atoms with Gasteiger partial charge >= 0.3 is 0 Å². The third-order valence-corrected chi connectivity index (χ3v) is 3.55. The zero-order valence-corrected chi connectivity index (χ0v) is 10.7. The Hall–Kier alpha value is -2.09. The molecule has 0 heterocycles. The van der Waals surface area contributed by atoms with Crippen molar-refractivity contribution < 1.29 is 18.0 Å². The zero-order valence-electron chi connectivity index (χ0n) is 9.88. The molecule has 8 heteroatoms. The summed E-state index contributed by atoms with van der Waals surface area (Å²) in [5.74, 6) is -1.55. The van der Waals surface area contributed by atoms with Gasteiger partial charge in [0.15, 0.2) is 0 Å². The molecule has 1 rings (SSSR count). The fraction of sp³-hybridized carbons (Fsp3) is 0.200. The van der Waals surface area contributed by atoms with Gasteiger partial charge in [-0.1, -0.05) is 0 Å². The second-order valence-electron chi connectivity index (χ2n) is 3.73. The van der Waals surface area contributed by atoms with Crippen molar-refractivity contribution >= 4 is 27.5 Å². The number of amides is 2. The van der Waals surface area contributed by atoms with Gasteiger partial charge < -0.3 is 11.5 Å². The molecule has 0 radical (unpaired) electrons. The van der Waals surface area contributed by atoms with Crippen LogP contribution in [0.2, 0.25) is 0 Å². The second kappa shape index (κ2) is 4.65. The Kier molecular flexibility index (Phi) is 3.61. The van der Waals surface area contributed by atoms with E-state index in [-0.39, 0.29) is 16.8 Å². The topological polar surface area (TPSA) is 124 Å². The SMILES string of the molecule is CN(c1cc(C(N)=O)cc(C(N)=O)c1)S(C)(=O)=O. The lowest BCUT2D eigenvalue weighted by atomic mass is 10.1. The number of primary amides is 2. The first-order chi connectivity index (χ1) is 8.12. The van der Waals surface area contributed by atoms with Crippen molar-refractivity contribution in [2.24, 2.45) is 11.5 Å². The number of hydrogen-bond acceptors (Lipinski definition) is 4. The first-order valence-corrected chi connectivity index (χ1v) is 6.66. The Morgan fingerprint density at radius 2 is 1.44 bits per heavy atom. The van der Waals surface area contributed by atoms with Gasteiger partial charge in [-0.25, -0.2) is 8.42 Å². The van der Waals surface area contributed by atoms with E-state index in [0.29, 0.717) is 0 Å². The normalized spacial score (nSPS) is 11.0. The number of nitrogens with zero attached hydrogens (tertiary/aromatic N) is 1. The Morgan fingerprint density at radius 1 is 1.06 bits per heavy atom. The molecule has 4 N–H and O–H groups in total. The van der Waals surface area contributed by atoms with E-state index in [2.05, 4.69) is 0 Å². The minimum atomic E-state index is -3.51. The van der Waals surface area contributed by atoms with Gasteiger partial charge in [0.2, 0.25) is 21.8 Å². The highest BCUT2D eigenvalue weighted by molar-refractivity contribution is 7.92. The lowest BCUT2D eigenvalue weighted by Gasteiger charge is -2.17. The molecule has 0 aliphatic heterocycles. The van der Waals surface area contributed by atoms with Crippen LogP contribution in [0.15, 0.2) is 18.2 Å². The number of benzene rings is 1. The number of anilines is 1. The van der Waals surface area contributed by atoms with Crippen molar-refractivity contribution in [2.45, 2.75) is 0 Å². The maximum atomic E-state index is 11.4. The number of rotatable bonds is 4. The molecule has 0 aliphatic carbocycles. The lowest BCUT2D eigenvalue weighted by molar-refractivity contribution is 0.0999. The molecule has 0 unspecified atom stereocenters. The standard InChI is InChI=1S/C10H13N3O4S/c1-13(18(2,16)17)8-4-6(9(11)14)3-7(5-8)10(12)15/h3-5H,1-2H3,(H2,11,14)(H2,12,15). The smallest absolute Gasteiger partial charge is 0.248 e. The van der Waals surface area contributed by atoms with Crippen LogP contribution in [0, 0.1) is 0 Å². The van der Waals surface area contributed by atoms with Gasteiger partial charge in [-0.3, -0.25) is 13.9 Å². The van der Waals surface area contributed by atoms with E-state index in [1.807, 2.05) is 0 Å². The van der Waals surface area contributed by atoms with E-state index >= 15 is 0 Å². The van der Waals surface area contributed by atoms with Gasteiger partial charge in [-0.15, -0.1) is 0 Å². The lowest BCUT2D eigenvalue weighted by Crippen LogP contribution is -2.26. The number of carbonyl (C=O) groups is 2. The predicted octanol–water partition coefficient (Wildman–Crippen LogP) is -0.720. The quantitative estimate of drug-likeness (QED) is 0.749. The van der Waals surface area contributed by atoms with Crippen molar-refractivity contribution in [3.63, 3.8) is 0 Å². The molecule has 7 nitrogen and oxygen atoms in total. The summed E-state index contributed by atoms with van der Waals surface area (Å²) >= 11 is 0. The molecule has 0 fully saturated rings. The van der Waals surface area contributed by atoms with Crippen molar-refractivity contribution in [3.05, 3.63) is 29.3 Å². The van der Waals surface area contributed by atoms with Crippen LogP contribution in [0.1, 0.15) is 20.7 Å². The molecular weight excluding hydrogens is 258 g/mol. The summed E-state index contributed by atoms with van der Waals surface area (Å²) < 4.78 is 23.7. The van der Waals surface area contributed by atoms with Crippen LogP contribution >= 0.6 is 0 Å². The summed E-state index contributed by atoms with van der Waals surface area (Å²) in [6.45, 7) is 0. The predicted molar refractivity (Wildman–Crippen MR) is 66.7 cm³/mol. The highest BCUT2D eigenvalue weighted by Gasteiger charge is 2.16. The fourth-order valence-corrected chi connectivity index (χ4v) is 1.76. The first-order valence-electron chi connectivity index (χ1n) is 4.81. The third kappa shape index (κ3) is 2.98. The summed E-state index contributed by atoms with van der Waals surface area (Å²) in [6, 6.07) is 3.76. The summed E-state index contributed by atoms with van der Waals surface area (Å²) in [5, 5.41) is 0. The van der Waals surface area contributed by atoms with E-state index in [1.165, 1.54) is 25.2 Å². The molecule has 0 bridgehead atoms. The van der Waals surface area contributed by atoms with Crippen LogP contribution in [0.5, 0.6) is 0 Å². The first kappa shape index (κ1) is 14.0. The van der Waals surface area contributed by atoms with Crippen molar-refractivity contribution in [2.75, 3.05) is 17.6 Å². The van der Waals surface area contributed by atoms with Gasteiger partial charge in [-0.05, 0) is 18.2 Å². The molecule has 18 heavy (non-hydrogen) atoms. The Balaban J connectivity index is 3.45. The molecular formula is C10H13N3O4S. The number of sulfonamides is 1. The molecule has 1 aromatic carbocycles. The Morgan fingerprint density at radius 3 is 1.72 bits per heavy atom. The molecule has 98 valence electrons. The van der Waals surface area contributed by atoms with Crippen molar-refractivity contribution in [1.82, 2.24) is 0 Å². The minimum absolute atomic E-state index is 0.0109. The van der Waals surface area contributed by atoms with Crippen LogP contribution in [-0.4, -0.2) is 33.5 Å². The van der Waals surface area contributed by atoms with E-state index < -0.39 is 21.8 Å². The second-order valence-corrected chi connectivity index (χ2v) is 5.74. The number of carbonyl (C=O) groups excluding carboxylic acids is 2. The summed E-state index contributed by atoms with van der Waals surface area (Å²) in [6.07, 6.45) is 0.994. The molecule has 0 aromatic heterocycles. The van der Waals surface area contributed by atoms with Crippen LogP contribution in [0.4, 0.5) is 5.69 Å². The molecule has 2 amide bonds. The third-order valence-electron chi connectivity index (χ3n) is 2.35. The van der Waals surface area contributed by atoms with E-state index in [0.717, 1.165) is 10.6 Å². The van der Waals surface area contributed by atoms with E-state index in [4.69, 9.17) is 11.5 Å². The molecule has 0 aliphatic rings. The zero-order chi connectivity index (χ0) is 14.1. The fourth-order valence-electron chi connectivity index (χ4n) is 1.27. The van der Waals surface area contributed by atoms with Crippen molar-refractivity contribution in [1.29, 1.82) is 0 Å². The Labute approximate surface area is 104 Å². The molecule has 0 saturated carbocycles. The summed E-state index contributed by atoms with van der Waals surface area (Å²) in [5.41, 5.74) is 10.4. The van der Waals surface area contributed by atoms with Gasteiger partial charge in [0.05, 0.1) is 11.9 Å². The number of hydrogen-bond donors (Lipinski definition) is 2. The average Bonchev–Trinajstić information content (AvgIpc) is 2.26. The van der Waals surface area contributed by atoms with Gasteiger partial charge in [0.1, 0.15) is 0 Å². The van der Waals surface area contributed by atoms with Gasteiger partial charge in [-0.2, -0.15) is 0 Å². The minimum Gasteiger partial charge on any atom is -0.366 e. The summed E-state index contributed by atoms with van der Waals surface area (Å²) in [4.78, 5) is 22.2. The highest BCUT2D eigenvalue weighted by Crippen LogP contribution is 2.20. The molecule has 0 atom stereocenters. The number of nitrogens with two attached hydrogens (primary N) is 2. The Bertz CT molecular complexity index is 577. The van der Waals surface area contributed by atoms with Crippen LogP contribution in [0.25, 0.3) is 0 Å². The van der Waals surface area contributed by atoms with Crippen LogP contribution in [0.3, 0.4) is 0 Å². The monoisotopic (exact) mass is 271 g/mol. The van der Waals surface area contributed by atoms with Gasteiger partial charge in [0.25, 0.3) is 0 Å². The molecule has 0 saturated heterocycles. The molecule has 1 aromatic rings.